The van der Waals surface area contributed by atoms with Crippen LogP contribution in [-0.2, 0) is 0 Å². The van der Waals surface area contributed by atoms with Gasteiger partial charge in [0.25, 0.3) is 0 Å². The number of hydrogen-bond donors (Lipinski definition) is 0. The number of aromatic nitrogens is 1. The van der Waals surface area contributed by atoms with Gasteiger partial charge in [0.2, 0.25) is 5.88 Å². The van der Waals surface area contributed by atoms with Crippen LogP contribution in [0.15, 0.2) is 53.0 Å². The standard InChI is InChI=1S/C17H12BrNO2/c1-11-8-14(18)6-7-16(11)21-17-13(10-20)9-12-4-2-3-5-15(12)19-17/h2-10H,1H3. The van der Waals surface area contributed by atoms with Gasteiger partial charge in [-0.25, -0.2) is 4.98 Å². The van der Waals surface area contributed by atoms with Gasteiger partial charge < -0.3 is 4.74 Å². The van der Waals surface area contributed by atoms with E-state index in [0.29, 0.717) is 17.2 Å². The number of ether oxygens (including phenoxy) is 1. The molecule has 0 spiro atoms. The van der Waals surface area contributed by atoms with Gasteiger partial charge in [-0.2, -0.15) is 0 Å². The van der Waals surface area contributed by atoms with Crippen LogP contribution in [0, 0.1) is 6.92 Å². The van der Waals surface area contributed by atoms with Crippen molar-refractivity contribution in [3.63, 3.8) is 0 Å². The number of aldehydes is 1. The van der Waals surface area contributed by atoms with Crippen molar-refractivity contribution in [2.45, 2.75) is 6.92 Å². The highest BCUT2D eigenvalue weighted by Gasteiger charge is 2.10. The van der Waals surface area contributed by atoms with Crippen molar-refractivity contribution in [2.75, 3.05) is 0 Å². The van der Waals surface area contributed by atoms with Crippen molar-refractivity contribution in [1.29, 1.82) is 0 Å². The summed E-state index contributed by atoms with van der Waals surface area (Å²) < 4.78 is 6.81. The second-order valence-corrected chi connectivity index (χ2v) is 5.62. The first kappa shape index (κ1) is 13.8. The maximum atomic E-state index is 11.3. The van der Waals surface area contributed by atoms with Gasteiger partial charge in [-0.15, -0.1) is 0 Å². The molecular formula is C17H12BrNO2. The van der Waals surface area contributed by atoms with Gasteiger partial charge in [-0.3, -0.25) is 4.79 Å². The SMILES string of the molecule is Cc1cc(Br)ccc1Oc1nc2ccccc2cc1C=O. The van der Waals surface area contributed by atoms with Crippen molar-refractivity contribution < 1.29 is 9.53 Å². The maximum Gasteiger partial charge on any atom is 0.230 e. The van der Waals surface area contributed by atoms with Crippen LogP contribution >= 0.6 is 15.9 Å². The van der Waals surface area contributed by atoms with Crippen LogP contribution in [0.4, 0.5) is 0 Å². The first-order chi connectivity index (χ1) is 10.2. The van der Waals surface area contributed by atoms with E-state index in [1.54, 1.807) is 6.07 Å². The number of carbonyl (C=O) groups is 1. The van der Waals surface area contributed by atoms with Crippen molar-refractivity contribution in [2.24, 2.45) is 0 Å². The number of para-hydroxylation sites is 1. The summed E-state index contributed by atoms with van der Waals surface area (Å²) in [6.45, 7) is 1.95. The molecule has 4 heteroatoms. The lowest BCUT2D eigenvalue weighted by Gasteiger charge is -2.10. The zero-order valence-electron chi connectivity index (χ0n) is 11.3. The van der Waals surface area contributed by atoms with E-state index in [4.69, 9.17) is 4.74 Å². The molecule has 0 aliphatic heterocycles. The molecule has 0 saturated carbocycles. The van der Waals surface area contributed by atoms with Crippen LogP contribution in [0.2, 0.25) is 0 Å². The highest BCUT2D eigenvalue weighted by Crippen LogP contribution is 2.29. The summed E-state index contributed by atoms with van der Waals surface area (Å²) in [5.74, 6) is 1.01. The first-order valence-electron chi connectivity index (χ1n) is 6.46. The summed E-state index contributed by atoms with van der Waals surface area (Å²) in [6.07, 6.45) is 0.767. The number of rotatable bonds is 3. The van der Waals surface area contributed by atoms with E-state index in [-0.39, 0.29) is 0 Å². The zero-order chi connectivity index (χ0) is 14.8. The van der Waals surface area contributed by atoms with Crippen LogP contribution in [0.3, 0.4) is 0 Å². The summed E-state index contributed by atoms with van der Waals surface area (Å²) in [4.78, 5) is 15.7. The molecule has 0 aliphatic rings. The lowest BCUT2D eigenvalue weighted by atomic mass is 10.1. The van der Waals surface area contributed by atoms with Gasteiger partial charge in [-0.05, 0) is 42.8 Å². The molecule has 0 radical (unpaired) electrons. The number of nitrogens with zero attached hydrogens (tertiary/aromatic N) is 1. The summed E-state index contributed by atoms with van der Waals surface area (Å²) in [7, 11) is 0. The Bertz CT molecular complexity index is 830. The average molecular weight is 342 g/mol. The van der Waals surface area contributed by atoms with Crippen LogP contribution in [-0.4, -0.2) is 11.3 Å². The van der Waals surface area contributed by atoms with Crippen molar-refractivity contribution in [3.8, 4) is 11.6 Å². The largest absolute Gasteiger partial charge is 0.438 e. The van der Waals surface area contributed by atoms with Crippen LogP contribution < -0.4 is 4.74 Å². The van der Waals surface area contributed by atoms with E-state index in [0.717, 1.165) is 27.2 Å². The highest BCUT2D eigenvalue weighted by molar-refractivity contribution is 9.10. The Morgan fingerprint density at radius 1 is 1.14 bits per heavy atom. The summed E-state index contributed by atoms with van der Waals surface area (Å²) in [5, 5.41) is 0.916. The Hall–Kier alpha value is -2.20. The second kappa shape index (κ2) is 5.66. The Morgan fingerprint density at radius 2 is 1.95 bits per heavy atom. The van der Waals surface area contributed by atoms with Crippen LogP contribution in [0.5, 0.6) is 11.6 Å². The molecular weight excluding hydrogens is 330 g/mol. The van der Waals surface area contributed by atoms with E-state index >= 15 is 0 Å². The number of pyridine rings is 1. The predicted molar refractivity (Wildman–Crippen MR) is 86.1 cm³/mol. The van der Waals surface area contributed by atoms with E-state index in [1.807, 2.05) is 49.4 Å². The summed E-state index contributed by atoms with van der Waals surface area (Å²) >= 11 is 3.42. The number of aryl methyl sites for hydroxylation is 1. The third kappa shape index (κ3) is 2.81. The van der Waals surface area contributed by atoms with Crippen molar-refractivity contribution >= 4 is 33.1 Å². The van der Waals surface area contributed by atoms with Gasteiger partial charge >= 0.3 is 0 Å². The Kier molecular flexibility index (Phi) is 3.71. The molecule has 0 aliphatic carbocycles. The fourth-order valence-electron chi connectivity index (χ4n) is 2.11. The summed E-state index contributed by atoms with van der Waals surface area (Å²) in [5.41, 5.74) is 2.21. The van der Waals surface area contributed by atoms with Crippen LogP contribution in [0.25, 0.3) is 10.9 Å². The fraction of sp³-hybridized carbons (Fsp3) is 0.0588. The van der Waals surface area contributed by atoms with Crippen LogP contribution in [0.1, 0.15) is 15.9 Å². The van der Waals surface area contributed by atoms with E-state index < -0.39 is 0 Å². The molecule has 3 rings (SSSR count). The number of carbonyl (C=O) groups excluding carboxylic acids is 1. The third-order valence-electron chi connectivity index (χ3n) is 3.19. The van der Waals surface area contributed by atoms with Gasteiger partial charge in [0.15, 0.2) is 6.29 Å². The van der Waals surface area contributed by atoms with E-state index in [9.17, 15) is 4.79 Å². The molecule has 0 saturated heterocycles. The molecule has 0 bridgehead atoms. The van der Waals surface area contributed by atoms with Crippen molar-refractivity contribution in [3.05, 3.63) is 64.1 Å². The van der Waals surface area contributed by atoms with Gasteiger partial charge in [0.1, 0.15) is 5.75 Å². The molecule has 0 unspecified atom stereocenters. The second-order valence-electron chi connectivity index (χ2n) is 4.71. The fourth-order valence-corrected chi connectivity index (χ4v) is 2.59. The lowest BCUT2D eigenvalue weighted by Crippen LogP contribution is -1.96. The van der Waals surface area contributed by atoms with Gasteiger partial charge in [0, 0.05) is 9.86 Å². The van der Waals surface area contributed by atoms with E-state index in [2.05, 4.69) is 20.9 Å². The maximum absolute atomic E-state index is 11.3. The minimum absolute atomic E-state index is 0.328. The molecule has 21 heavy (non-hydrogen) atoms. The molecule has 0 amide bonds. The zero-order valence-corrected chi connectivity index (χ0v) is 12.9. The lowest BCUT2D eigenvalue weighted by molar-refractivity contribution is 0.112. The molecule has 0 fully saturated rings. The Morgan fingerprint density at radius 3 is 2.71 bits per heavy atom. The predicted octanol–water partition coefficient (Wildman–Crippen LogP) is 4.91. The molecule has 2 aromatic carbocycles. The Balaban J connectivity index is 2.08. The quantitative estimate of drug-likeness (QED) is 0.635. The smallest absolute Gasteiger partial charge is 0.230 e. The topological polar surface area (TPSA) is 39.2 Å². The molecule has 0 atom stereocenters. The molecule has 0 N–H and O–H groups in total. The number of halogens is 1. The Labute approximate surface area is 130 Å². The monoisotopic (exact) mass is 341 g/mol. The molecule has 104 valence electrons. The number of hydrogen-bond acceptors (Lipinski definition) is 3. The average Bonchev–Trinajstić information content (AvgIpc) is 2.49. The molecule has 3 aromatic rings. The first-order valence-corrected chi connectivity index (χ1v) is 7.25. The minimum Gasteiger partial charge on any atom is -0.438 e. The van der Waals surface area contributed by atoms with Gasteiger partial charge in [0.05, 0.1) is 11.1 Å². The minimum atomic E-state index is 0.328. The molecule has 1 aromatic heterocycles. The summed E-state index contributed by atoms with van der Waals surface area (Å²) in [6, 6.07) is 15.1. The molecule has 1 heterocycles. The van der Waals surface area contributed by atoms with Gasteiger partial charge in [-0.1, -0.05) is 34.1 Å². The van der Waals surface area contributed by atoms with Crippen molar-refractivity contribution in [1.82, 2.24) is 4.98 Å². The number of benzene rings is 2. The highest BCUT2D eigenvalue weighted by atomic mass is 79.9. The van der Waals surface area contributed by atoms with E-state index in [1.165, 1.54) is 0 Å². The third-order valence-corrected chi connectivity index (χ3v) is 3.68. The molecule has 3 nitrogen and oxygen atoms in total. The normalized spacial score (nSPS) is 10.6. The number of fused-ring (bicyclic) bond motifs is 1.